The molecule has 1 atom stereocenters. The first-order valence-electron chi connectivity index (χ1n) is 10.6. The van der Waals surface area contributed by atoms with E-state index in [2.05, 4.69) is 39.9 Å². The average molecular weight is 420 g/mol. The molecule has 2 amide bonds. The number of hydrogen-bond donors (Lipinski definition) is 0. The number of aromatic nitrogens is 1. The summed E-state index contributed by atoms with van der Waals surface area (Å²) < 4.78 is 2.25. The molecule has 154 valence electrons. The SMILES string of the molecule is O=C(c1cccs1)N1CCC(C(=O)N2CCn3cccc3C2c2ccccc2)CC1. The Morgan fingerprint density at radius 1 is 0.867 bits per heavy atom. The maximum atomic E-state index is 13.6. The number of hydrogen-bond acceptors (Lipinski definition) is 3. The molecule has 2 aliphatic heterocycles. The Balaban J connectivity index is 1.33. The molecule has 0 bridgehead atoms. The molecule has 0 radical (unpaired) electrons. The van der Waals surface area contributed by atoms with Crippen LogP contribution >= 0.6 is 11.3 Å². The molecule has 1 fully saturated rings. The number of amides is 2. The lowest BCUT2D eigenvalue weighted by Gasteiger charge is -2.41. The summed E-state index contributed by atoms with van der Waals surface area (Å²) in [6.45, 7) is 2.84. The van der Waals surface area contributed by atoms with Crippen molar-refractivity contribution in [2.24, 2.45) is 5.92 Å². The van der Waals surface area contributed by atoms with Crippen LogP contribution in [0, 0.1) is 5.92 Å². The van der Waals surface area contributed by atoms with Gasteiger partial charge >= 0.3 is 0 Å². The lowest BCUT2D eigenvalue weighted by atomic mass is 9.92. The van der Waals surface area contributed by atoms with Gasteiger partial charge in [-0.15, -0.1) is 11.3 Å². The molecule has 4 heterocycles. The average Bonchev–Trinajstić information content (AvgIpc) is 3.50. The van der Waals surface area contributed by atoms with E-state index < -0.39 is 0 Å². The van der Waals surface area contributed by atoms with Crippen molar-refractivity contribution < 1.29 is 9.59 Å². The molecule has 1 aromatic carbocycles. The second kappa shape index (κ2) is 8.11. The zero-order valence-corrected chi connectivity index (χ0v) is 17.6. The number of fused-ring (bicyclic) bond motifs is 1. The third kappa shape index (κ3) is 3.45. The minimum atomic E-state index is -0.0479. The van der Waals surface area contributed by atoms with Crippen LogP contribution in [0.2, 0.25) is 0 Å². The Morgan fingerprint density at radius 3 is 2.40 bits per heavy atom. The van der Waals surface area contributed by atoms with Crippen molar-refractivity contribution in [1.82, 2.24) is 14.4 Å². The van der Waals surface area contributed by atoms with E-state index in [9.17, 15) is 9.59 Å². The third-order valence-electron chi connectivity index (χ3n) is 6.30. The first-order valence-corrected chi connectivity index (χ1v) is 11.4. The number of likely N-dealkylation sites (tertiary alicyclic amines) is 1. The highest BCUT2D eigenvalue weighted by Crippen LogP contribution is 2.35. The smallest absolute Gasteiger partial charge is 0.263 e. The molecule has 5 rings (SSSR count). The number of carbonyl (C=O) groups excluding carboxylic acids is 2. The van der Waals surface area contributed by atoms with E-state index in [1.54, 1.807) is 0 Å². The third-order valence-corrected chi connectivity index (χ3v) is 7.16. The molecule has 0 N–H and O–H groups in total. The number of rotatable bonds is 3. The van der Waals surface area contributed by atoms with Gasteiger partial charge in [0.15, 0.2) is 0 Å². The first kappa shape index (κ1) is 19.1. The predicted molar refractivity (Wildman–Crippen MR) is 117 cm³/mol. The van der Waals surface area contributed by atoms with Crippen LogP contribution in [0.4, 0.5) is 0 Å². The van der Waals surface area contributed by atoms with Gasteiger partial charge in [0.2, 0.25) is 5.91 Å². The van der Waals surface area contributed by atoms with Crippen molar-refractivity contribution in [3.8, 4) is 0 Å². The van der Waals surface area contributed by atoms with E-state index in [1.807, 2.05) is 40.6 Å². The monoisotopic (exact) mass is 419 g/mol. The normalized spacial score (nSPS) is 19.5. The largest absolute Gasteiger partial charge is 0.348 e. The van der Waals surface area contributed by atoms with Crippen LogP contribution < -0.4 is 0 Å². The van der Waals surface area contributed by atoms with Gasteiger partial charge in [-0.2, -0.15) is 0 Å². The highest BCUT2D eigenvalue weighted by Gasteiger charge is 2.37. The topological polar surface area (TPSA) is 45.6 Å². The quantitative estimate of drug-likeness (QED) is 0.643. The number of piperidine rings is 1. The molecule has 3 aromatic rings. The molecular formula is C24H25N3O2S. The van der Waals surface area contributed by atoms with Crippen LogP contribution in [0.3, 0.4) is 0 Å². The summed E-state index contributed by atoms with van der Waals surface area (Å²) in [4.78, 5) is 30.9. The second-order valence-corrected chi connectivity index (χ2v) is 8.96. The highest BCUT2D eigenvalue weighted by atomic mass is 32.1. The summed E-state index contributed by atoms with van der Waals surface area (Å²) in [5, 5.41) is 1.93. The summed E-state index contributed by atoms with van der Waals surface area (Å²) in [6, 6.07) is 18.2. The molecule has 30 heavy (non-hydrogen) atoms. The molecule has 1 saturated heterocycles. The maximum absolute atomic E-state index is 13.6. The molecule has 6 heteroatoms. The summed E-state index contributed by atoms with van der Waals surface area (Å²) in [5.41, 5.74) is 2.32. The van der Waals surface area contributed by atoms with Crippen LogP contribution in [0.15, 0.2) is 66.2 Å². The van der Waals surface area contributed by atoms with Gasteiger partial charge < -0.3 is 14.4 Å². The van der Waals surface area contributed by atoms with E-state index in [0.29, 0.717) is 19.6 Å². The van der Waals surface area contributed by atoms with E-state index in [1.165, 1.54) is 17.0 Å². The van der Waals surface area contributed by atoms with Crippen LogP contribution in [0.1, 0.15) is 39.8 Å². The lowest BCUT2D eigenvalue weighted by Crippen LogP contribution is -2.48. The van der Waals surface area contributed by atoms with Gasteiger partial charge in [-0.25, -0.2) is 0 Å². The predicted octanol–water partition coefficient (Wildman–Crippen LogP) is 4.03. The summed E-state index contributed by atoms with van der Waals surface area (Å²) in [6.07, 6.45) is 3.56. The molecular weight excluding hydrogens is 394 g/mol. The summed E-state index contributed by atoms with van der Waals surface area (Å²) in [7, 11) is 0. The van der Waals surface area contributed by atoms with Gasteiger partial charge in [0.1, 0.15) is 0 Å². The Hall–Kier alpha value is -2.86. The van der Waals surface area contributed by atoms with Crippen molar-refractivity contribution in [2.45, 2.75) is 25.4 Å². The molecule has 5 nitrogen and oxygen atoms in total. The Morgan fingerprint density at radius 2 is 1.67 bits per heavy atom. The van der Waals surface area contributed by atoms with E-state index in [-0.39, 0.29) is 23.8 Å². The van der Waals surface area contributed by atoms with Gasteiger partial charge in [-0.3, -0.25) is 9.59 Å². The Kier molecular flexibility index (Phi) is 5.17. The second-order valence-electron chi connectivity index (χ2n) is 8.02. The maximum Gasteiger partial charge on any atom is 0.263 e. The van der Waals surface area contributed by atoms with Crippen LogP contribution in [-0.4, -0.2) is 45.8 Å². The molecule has 2 aromatic heterocycles. The Bertz CT molecular complexity index is 1020. The number of carbonyl (C=O) groups is 2. The minimum absolute atomic E-state index is 0.0230. The Labute approximate surface area is 180 Å². The van der Waals surface area contributed by atoms with E-state index in [0.717, 1.165) is 29.8 Å². The van der Waals surface area contributed by atoms with Crippen molar-refractivity contribution in [3.63, 3.8) is 0 Å². The van der Waals surface area contributed by atoms with Gasteiger partial charge in [-0.05, 0) is 42.0 Å². The molecule has 1 unspecified atom stereocenters. The summed E-state index contributed by atoms with van der Waals surface area (Å²) >= 11 is 1.48. The lowest BCUT2D eigenvalue weighted by molar-refractivity contribution is -0.139. The zero-order valence-electron chi connectivity index (χ0n) is 16.8. The van der Waals surface area contributed by atoms with Crippen LogP contribution in [0.5, 0.6) is 0 Å². The number of nitrogens with zero attached hydrogens (tertiary/aromatic N) is 3. The van der Waals surface area contributed by atoms with Crippen molar-refractivity contribution in [3.05, 3.63) is 82.3 Å². The zero-order chi connectivity index (χ0) is 20.5. The van der Waals surface area contributed by atoms with Crippen molar-refractivity contribution in [2.75, 3.05) is 19.6 Å². The van der Waals surface area contributed by atoms with E-state index in [4.69, 9.17) is 0 Å². The van der Waals surface area contributed by atoms with Gasteiger partial charge in [0.25, 0.3) is 5.91 Å². The molecule has 2 aliphatic rings. The highest BCUT2D eigenvalue weighted by molar-refractivity contribution is 7.12. The fourth-order valence-corrected chi connectivity index (χ4v) is 5.42. The van der Waals surface area contributed by atoms with Gasteiger partial charge in [0.05, 0.1) is 10.9 Å². The summed E-state index contributed by atoms with van der Waals surface area (Å²) in [5.74, 6) is 0.290. The van der Waals surface area contributed by atoms with Crippen molar-refractivity contribution >= 4 is 23.2 Å². The van der Waals surface area contributed by atoms with E-state index >= 15 is 0 Å². The minimum Gasteiger partial charge on any atom is -0.348 e. The number of thiophene rings is 1. The van der Waals surface area contributed by atoms with Crippen LogP contribution in [-0.2, 0) is 11.3 Å². The standard InChI is InChI=1S/C24H25N3O2S/c28-23(19-10-13-26(14-11-19)24(29)21-9-5-17-30-21)27-16-15-25-12-4-8-20(25)22(27)18-6-2-1-3-7-18/h1-9,12,17,19,22H,10-11,13-16H2. The van der Waals surface area contributed by atoms with Crippen molar-refractivity contribution in [1.29, 1.82) is 0 Å². The van der Waals surface area contributed by atoms with Gasteiger partial charge in [0, 0.05) is 44.0 Å². The van der Waals surface area contributed by atoms with Crippen LogP contribution in [0.25, 0.3) is 0 Å². The number of benzene rings is 1. The molecule has 0 saturated carbocycles. The fraction of sp³-hybridized carbons (Fsp3) is 0.333. The van der Waals surface area contributed by atoms with Gasteiger partial charge in [-0.1, -0.05) is 36.4 Å². The first-order chi connectivity index (χ1) is 14.7. The molecule has 0 aliphatic carbocycles. The fourth-order valence-electron chi connectivity index (χ4n) is 4.73. The molecule has 0 spiro atoms.